The smallest absolute Gasteiger partial charge is 0.314 e. The number of carbonyl (C=O) groups excluding carboxylic acids is 1. The molecule has 0 aromatic heterocycles. The Kier molecular flexibility index (Phi) is 5.39. The van der Waals surface area contributed by atoms with Crippen molar-refractivity contribution >= 4 is 52.4 Å². The van der Waals surface area contributed by atoms with Crippen LogP contribution in [-0.2, 0) is 9.53 Å². The van der Waals surface area contributed by atoms with Gasteiger partial charge in [-0.05, 0) is 5.56 Å². The molecule has 1 aromatic rings. The number of halogens is 4. The van der Waals surface area contributed by atoms with Gasteiger partial charge in [-0.15, -0.1) is 11.6 Å². The van der Waals surface area contributed by atoms with E-state index in [0.29, 0.717) is 5.56 Å². The monoisotopic (exact) mass is 314 g/mol. The van der Waals surface area contributed by atoms with Gasteiger partial charge in [-0.3, -0.25) is 4.79 Å². The fourth-order valence-electron chi connectivity index (χ4n) is 1.38. The predicted molar refractivity (Wildman–Crippen MR) is 70.8 cm³/mol. The highest BCUT2D eigenvalue weighted by molar-refractivity contribution is 6.68. The lowest BCUT2D eigenvalue weighted by Gasteiger charge is -2.26. The molecule has 0 bridgehead atoms. The zero-order valence-electron chi connectivity index (χ0n) is 8.87. The van der Waals surface area contributed by atoms with Crippen molar-refractivity contribution in [1.29, 1.82) is 0 Å². The molecule has 0 aliphatic carbocycles. The molecule has 17 heavy (non-hydrogen) atoms. The second kappa shape index (κ2) is 6.14. The van der Waals surface area contributed by atoms with Gasteiger partial charge in [0.15, 0.2) is 0 Å². The highest BCUT2D eigenvalue weighted by Crippen LogP contribution is 2.45. The summed E-state index contributed by atoms with van der Waals surface area (Å²) in [6, 6.07) is 8.92. The molecule has 0 saturated carbocycles. The predicted octanol–water partition coefficient (Wildman–Crippen LogP) is 4.13. The van der Waals surface area contributed by atoms with Gasteiger partial charge in [0.2, 0.25) is 3.79 Å². The summed E-state index contributed by atoms with van der Waals surface area (Å²) in [5.74, 6) is -1.73. The largest absolute Gasteiger partial charge is 0.469 e. The Labute approximate surface area is 120 Å². The molecule has 1 aromatic carbocycles. The third-order valence-corrected chi connectivity index (χ3v) is 3.43. The number of hydrogen-bond donors (Lipinski definition) is 0. The average molecular weight is 316 g/mol. The summed E-state index contributed by atoms with van der Waals surface area (Å²) >= 11 is 23.5. The summed E-state index contributed by atoms with van der Waals surface area (Å²) in [5.41, 5.74) is 0.691. The van der Waals surface area contributed by atoms with Gasteiger partial charge < -0.3 is 4.74 Å². The van der Waals surface area contributed by atoms with Crippen molar-refractivity contribution in [3.63, 3.8) is 0 Å². The number of hydrogen-bond acceptors (Lipinski definition) is 2. The van der Waals surface area contributed by atoms with Gasteiger partial charge in [0.05, 0.1) is 12.5 Å². The number of benzene rings is 1. The third kappa shape index (κ3) is 3.92. The quantitative estimate of drug-likeness (QED) is 0.619. The Bertz CT molecular complexity index is 375. The van der Waals surface area contributed by atoms with Gasteiger partial charge in [0, 0.05) is 0 Å². The van der Waals surface area contributed by atoms with Crippen LogP contribution in [0.3, 0.4) is 0 Å². The van der Waals surface area contributed by atoms with Crippen LogP contribution in [0.4, 0.5) is 0 Å². The van der Waals surface area contributed by atoms with Crippen LogP contribution in [0.5, 0.6) is 0 Å². The summed E-state index contributed by atoms with van der Waals surface area (Å²) in [4.78, 5) is 11.6. The molecule has 0 amide bonds. The van der Waals surface area contributed by atoms with Crippen LogP contribution in [-0.4, -0.2) is 16.9 Å². The van der Waals surface area contributed by atoms with Crippen LogP contribution in [0.25, 0.3) is 0 Å². The SMILES string of the molecule is COC(=O)C(C(Cl)c1ccccc1)C(Cl)(Cl)Cl. The van der Waals surface area contributed by atoms with E-state index < -0.39 is 21.1 Å². The molecule has 2 nitrogen and oxygen atoms in total. The molecule has 0 aliphatic heterocycles. The van der Waals surface area contributed by atoms with Crippen LogP contribution in [0, 0.1) is 5.92 Å². The van der Waals surface area contributed by atoms with E-state index in [1.807, 2.05) is 6.07 Å². The van der Waals surface area contributed by atoms with E-state index in [4.69, 9.17) is 46.4 Å². The second-order valence-corrected chi connectivity index (χ2v) is 6.19. The molecular formula is C11H10Cl4O2. The first-order valence-corrected chi connectivity index (χ1v) is 6.28. The van der Waals surface area contributed by atoms with Gasteiger partial charge in [-0.1, -0.05) is 65.1 Å². The maximum atomic E-state index is 11.6. The van der Waals surface area contributed by atoms with Crippen LogP contribution in [0.15, 0.2) is 30.3 Å². The zero-order chi connectivity index (χ0) is 13.1. The topological polar surface area (TPSA) is 26.3 Å². The van der Waals surface area contributed by atoms with E-state index in [1.54, 1.807) is 24.3 Å². The van der Waals surface area contributed by atoms with Crippen molar-refractivity contribution in [3.05, 3.63) is 35.9 Å². The second-order valence-electron chi connectivity index (χ2n) is 3.35. The average Bonchev–Trinajstić information content (AvgIpc) is 2.28. The summed E-state index contributed by atoms with van der Waals surface area (Å²) in [6.07, 6.45) is 0. The molecule has 2 unspecified atom stereocenters. The van der Waals surface area contributed by atoms with Crippen LogP contribution in [0.1, 0.15) is 10.9 Å². The molecule has 0 saturated heterocycles. The van der Waals surface area contributed by atoms with Crippen molar-refractivity contribution in [2.24, 2.45) is 5.92 Å². The summed E-state index contributed by atoms with van der Waals surface area (Å²) in [5, 5.41) is -0.767. The third-order valence-electron chi connectivity index (χ3n) is 2.22. The van der Waals surface area contributed by atoms with Crippen molar-refractivity contribution in [1.82, 2.24) is 0 Å². The first kappa shape index (κ1) is 14.9. The first-order chi connectivity index (χ1) is 7.88. The Morgan fingerprint density at radius 2 is 1.76 bits per heavy atom. The highest BCUT2D eigenvalue weighted by atomic mass is 35.6. The number of esters is 1. The van der Waals surface area contributed by atoms with E-state index in [9.17, 15) is 4.79 Å². The van der Waals surface area contributed by atoms with Gasteiger partial charge in [0.1, 0.15) is 5.92 Å². The molecule has 2 atom stereocenters. The minimum absolute atomic E-state index is 0.658. The van der Waals surface area contributed by atoms with Gasteiger partial charge in [0.25, 0.3) is 0 Å². The van der Waals surface area contributed by atoms with E-state index in [-0.39, 0.29) is 0 Å². The number of carbonyl (C=O) groups is 1. The highest BCUT2D eigenvalue weighted by Gasteiger charge is 2.44. The summed E-state index contributed by atoms with van der Waals surface area (Å²) in [7, 11) is 1.22. The van der Waals surface area contributed by atoms with Crippen molar-refractivity contribution < 1.29 is 9.53 Å². The fraction of sp³-hybridized carbons (Fsp3) is 0.364. The number of rotatable bonds is 3. The standard InChI is InChI=1S/C11H10Cl4O2/c1-17-10(16)8(11(13,14)15)9(12)7-5-3-2-4-6-7/h2-6,8-9H,1H3. The Morgan fingerprint density at radius 3 is 2.18 bits per heavy atom. The molecule has 0 N–H and O–H groups in total. The summed E-state index contributed by atoms with van der Waals surface area (Å²) < 4.78 is 2.78. The lowest BCUT2D eigenvalue weighted by Crippen LogP contribution is -2.32. The Morgan fingerprint density at radius 1 is 1.24 bits per heavy atom. The molecule has 6 heteroatoms. The minimum Gasteiger partial charge on any atom is -0.469 e. The lowest BCUT2D eigenvalue weighted by molar-refractivity contribution is -0.145. The number of ether oxygens (including phenoxy) is 1. The minimum atomic E-state index is -1.82. The van der Waals surface area contributed by atoms with Gasteiger partial charge in [-0.2, -0.15) is 0 Å². The van der Waals surface area contributed by atoms with E-state index in [1.165, 1.54) is 7.11 Å². The van der Waals surface area contributed by atoms with Crippen LogP contribution < -0.4 is 0 Å². The van der Waals surface area contributed by atoms with Gasteiger partial charge in [-0.25, -0.2) is 0 Å². The molecule has 1 rings (SSSR count). The molecule has 0 heterocycles. The molecule has 94 valence electrons. The van der Waals surface area contributed by atoms with Crippen molar-refractivity contribution in [2.45, 2.75) is 9.17 Å². The van der Waals surface area contributed by atoms with Crippen molar-refractivity contribution in [2.75, 3.05) is 7.11 Å². The molecule has 0 fully saturated rings. The first-order valence-electron chi connectivity index (χ1n) is 4.71. The van der Waals surface area contributed by atoms with Crippen molar-refractivity contribution in [3.8, 4) is 0 Å². The summed E-state index contributed by atoms with van der Waals surface area (Å²) in [6.45, 7) is 0. The maximum absolute atomic E-state index is 11.6. The van der Waals surface area contributed by atoms with E-state index >= 15 is 0 Å². The molecular weight excluding hydrogens is 306 g/mol. The lowest BCUT2D eigenvalue weighted by atomic mass is 10.00. The van der Waals surface area contributed by atoms with E-state index in [2.05, 4.69) is 4.74 Å². The fourth-order valence-corrected chi connectivity index (χ4v) is 2.65. The Balaban J connectivity index is 3.04. The number of methoxy groups -OCH3 is 1. The normalized spacial score (nSPS) is 15.1. The Hall–Kier alpha value is -0.150. The zero-order valence-corrected chi connectivity index (χ0v) is 11.9. The van der Waals surface area contributed by atoms with Gasteiger partial charge >= 0.3 is 5.97 Å². The van der Waals surface area contributed by atoms with Crippen LogP contribution >= 0.6 is 46.4 Å². The molecule has 0 aliphatic rings. The maximum Gasteiger partial charge on any atom is 0.314 e. The number of alkyl halides is 4. The molecule has 0 radical (unpaired) electrons. The molecule has 0 spiro atoms. The van der Waals surface area contributed by atoms with E-state index in [0.717, 1.165) is 0 Å². The van der Waals surface area contributed by atoms with Crippen LogP contribution in [0.2, 0.25) is 0 Å².